The van der Waals surface area contributed by atoms with Gasteiger partial charge in [0.15, 0.2) is 0 Å². The number of para-hydroxylation sites is 1. The third-order valence-corrected chi connectivity index (χ3v) is 9.09. The lowest BCUT2D eigenvalue weighted by Crippen LogP contribution is -1.92. The highest BCUT2D eigenvalue weighted by molar-refractivity contribution is 6.24. The standard InChI is InChI=1S/C44H28O/c1-3-15-29(16-4-1)41-33-21-9-11-23-35(33)43(36-24-12-10-22-34(36)41)37-27-28-38(32-20-8-7-19-31(32)37)44-42(30-17-5-2-6-18-30)39-25-13-14-26-40(39)45-44/h1-28H. The lowest BCUT2D eigenvalue weighted by Gasteiger charge is -2.19. The summed E-state index contributed by atoms with van der Waals surface area (Å²) in [6.07, 6.45) is 0. The summed E-state index contributed by atoms with van der Waals surface area (Å²) in [6.45, 7) is 0. The highest BCUT2D eigenvalue weighted by atomic mass is 16.3. The molecule has 210 valence electrons. The third kappa shape index (κ3) is 4.02. The van der Waals surface area contributed by atoms with Crippen LogP contribution in [0.5, 0.6) is 0 Å². The van der Waals surface area contributed by atoms with Crippen LogP contribution in [0.15, 0.2) is 174 Å². The largest absolute Gasteiger partial charge is 0.455 e. The smallest absolute Gasteiger partial charge is 0.143 e. The molecule has 0 aliphatic rings. The summed E-state index contributed by atoms with van der Waals surface area (Å²) in [4.78, 5) is 0. The fraction of sp³-hybridized carbons (Fsp3) is 0. The van der Waals surface area contributed by atoms with Gasteiger partial charge in [-0.2, -0.15) is 0 Å². The molecule has 0 saturated carbocycles. The van der Waals surface area contributed by atoms with E-state index in [-0.39, 0.29) is 0 Å². The van der Waals surface area contributed by atoms with E-state index in [0.717, 1.165) is 33.4 Å². The van der Waals surface area contributed by atoms with Crippen molar-refractivity contribution < 1.29 is 4.42 Å². The van der Waals surface area contributed by atoms with Gasteiger partial charge in [0.05, 0.1) is 0 Å². The van der Waals surface area contributed by atoms with E-state index in [4.69, 9.17) is 4.42 Å². The number of furan rings is 1. The van der Waals surface area contributed by atoms with Crippen LogP contribution in [-0.2, 0) is 0 Å². The van der Waals surface area contributed by atoms with Crippen molar-refractivity contribution in [2.24, 2.45) is 0 Å². The molecule has 1 heteroatoms. The van der Waals surface area contributed by atoms with E-state index >= 15 is 0 Å². The van der Waals surface area contributed by atoms with Crippen molar-refractivity contribution in [2.45, 2.75) is 0 Å². The molecule has 9 rings (SSSR count). The molecule has 0 unspecified atom stereocenters. The van der Waals surface area contributed by atoms with E-state index in [2.05, 4.69) is 164 Å². The van der Waals surface area contributed by atoms with E-state index in [1.165, 1.54) is 54.6 Å². The summed E-state index contributed by atoms with van der Waals surface area (Å²) < 4.78 is 6.70. The summed E-state index contributed by atoms with van der Waals surface area (Å²) in [7, 11) is 0. The molecule has 0 aliphatic heterocycles. The second kappa shape index (κ2) is 10.4. The monoisotopic (exact) mass is 572 g/mol. The van der Waals surface area contributed by atoms with Crippen LogP contribution in [0.3, 0.4) is 0 Å². The topological polar surface area (TPSA) is 13.1 Å². The molecule has 45 heavy (non-hydrogen) atoms. The van der Waals surface area contributed by atoms with E-state index in [1.807, 2.05) is 6.07 Å². The van der Waals surface area contributed by atoms with Crippen molar-refractivity contribution in [1.29, 1.82) is 0 Å². The normalized spacial score (nSPS) is 11.6. The SMILES string of the molecule is c1ccc(-c2c(-c3ccc(-c4c5ccccc5c(-c5ccccc5)c5ccccc45)c4ccccc34)oc3ccccc23)cc1. The minimum atomic E-state index is 0.896. The molecule has 0 radical (unpaired) electrons. The molecule has 0 bridgehead atoms. The average molecular weight is 573 g/mol. The molecule has 1 heterocycles. The van der Waals surface area contributed by atoms with E-state index in [1.54, 1.807) is 0 Å². The first-order chi connectivity index (χ1) is 22.4. The molecule has 9 aromatic rings. The van der Waals surface area contributed by atoms with Crippen LogP contribution in [-0.4, -0.2) is 0 Å². The van der Waals surface area contributed by atoms with Gasteiger partial charge in [0.25, 0.3) is 0 Å². The molecule has 0 spiro atoms. The van der Waals surface area contributed by atoms with Crippen molar-refractivity contribution in [1.82, 2.24) is 0 Å². The third-order valence-electron chi connectivity index (χ3n) is 9.09. The molecule has 0 atom stereocenters. The van der Waals surface area contributed by atoms with Crippen LogP contribution < -0.4 is 0 Å². The van der Waals surface area contributed by atoms with Gasteiger partial charge in [0, 0.05) is 16.5 Å². The average Bonchev–Trinajstić information content (AvgIpc) is 3.50. The molecule has 0 aliphatic carbocycles. The highest BCUT2D eigenvalue weighted by Gasteiger charge is 2.22. The minimum absolute atomic E-state index is 0.896. The van der Waals surface area contributed by atoms with Crippen LogP contribution in [0.4, 0.5) is 0 Å². The lowest BCUT2D eigenvalue weighted by molar-refractivity contribution is 0.633. The van der Waals surface area contributed by atoms with E-state index in [9.17, 15) is 0 Å². The quantitative estimate of drug-likeness (QED) is 0.191. The number of benzene rings is 8. The van der Waals surface area contributed by atoms with Crippen molar-refractivity contribution in [3.63, 3.8) is 0 Å². The predicted molar refractivity (Wildman–Crippen MR) is 190 cm³/mol. The first kappa shape index (κ1) is 25.6. The van der Waals surface area contributed by atoms with Gasteiger partial charge >= 0.3 is 0 Å². The Hall–Kier alpha value is -5.92. The Labute approximate surface area is 261 Å². The molecule has 8 aromatic carbocycles. The molecule has 0 fully saturated rings. The Bertz CT molecular complexity index is 2460. The molecule has 0 amide bonds. The van der Waals surface area contributed by atoms with Crippen molar-refractivity contribution in [2.75, 3.05) is 0 Å². The molecule has 1 nitrogen and oxygen atoms in total. The van der Waals surface area contributed by atoms with Gasteiger partial charge in [-0.05, 0) is 72.3 Å². The van der Waals surface area contributed by atoms with Crippen LogP contribution in [0.1, 0.15) is 0 Å². The first-order valence-corrected chi connectivity index (χ1v) is 15.4. The van der Waals surface area contributed by atoms with Crippen LogP contribution in [0.2, 0.25) is 0 Å². The summed E-state index contributed by atoms with van der Waals surface area (Å²) in [6, 6.07) is 60.8. The fourth-order valence-corrected chi connectivity index (χ4v) is 7.18. The molecular formula is C44H28O. The molecule has 0 N–H and O–H groups in total. The maximum Gasteiger partial charge on any atom is 0.143 e. The zero-order chi connectivity index (χ0) is 29.7. The maximum absolute atomic E-state index is 6.70. The van der Waals surface area contributed by atoms with Crippen molar-refractivity contribution >= 4 is 43.3 Å². The van der Waals surface area contributed by atoms with Gasteiger partial charge in [-0.3, -0.25) is 0 Å². The van der Waals surface area contributed by atoms with Crippen LogP contribution in [0.25, 0.3) is 88.0 Å². The number of rotatable bonds is 4. The van der Waals surface area contributed by atoms with E-state index in [0.29, 0.717) is 0 Å². The zero-order valence-corrected chi connectivity index (χ0v) is 24.6. The Balaban J connectivity index is 1.37. The predicted octanol–water partition coefficient (Wildman–Crippen LogP) is 12.6. The first-order valence-electron chi connectivity index (χ1n) is 15.4. The fourth-order valence-electron chi connectivity index (χ4n) is 7.18. The van der Waals surface area contributed by atoms with Gasteiger partial charge in [-0.1, -0.05) is 158 Å². The summed E-state index contributed by atoms with van der Waals surface area (Å²) in [5.41, 5.74) is 9.27. The maximum atomic E-state index is 6.70. The zero-order valence-electron chi connectivity index (χ0n) is 24.6. The number of hydrogen-bond donors (Lipinski definition) is 0. The molecule has 1 aromatic heterocycles. The van der Waals surface area contributed by atoms with E-state index < -0.39 is 0 Å². The highest BCUT2D eigenvalue weighted by Crippen LogP contribution is 2.48. The second-order valence-corrected chi connectivity index (χ2v) is 11.6. The molecular weight excluding hydrogens is 544 g/mol. The van der Waals surface area contributed by atoms with Gasteiger partial charge in [0.2, 0.25) is 0 Å². The summed E-state index contributed by atoms with van der Waals surface area (Å²) >= 11 is 0. The Morgan fingerprint density at radius 3 is 1.24 bits per heavy atom. The number of fused-ring (bicyclic) bond motifs is 4. The molecule has 0 saturated heterocycles. The Morgan fingerprint density at radius 2 is 0.667 bits per heavy atom. The lowest BCUT2D eigenvalue weighted by atomic mass is 9.84. The summed E-state index contributed by atoms with van der Waals surface area (Å²) in [5, 5.41) is 8.52. The van der Waals surface area contributed by atoms with Gasteiger partial charge in [-0.25, -0.2) is 0 Å². The van der Waals surface area contributed by atoms with Crippen molar-refractivity contribution in [3.05, 3.63) is 170 Å². The minimum Gasteiger partial charge on any atom is -0.455 e. The Kier molecular flexibility index (Phi) is 5.89. The van der Waals surface area contributed by atoms with Crippen molar-refractivity contribution in [3.8, 4) is 44.7 Å². The van der Waals surface area contributed by atoms with Crippen LogP contribution >= 0.6 is 0 Å². The number of hydrogen-bond acceptors (Lipinski definition) is 1. The second-order valence-electron chi connectivity index (χ2n) is 11.6. The van der Waals surface area contributed by atoms with Gasteiger partial charge < -0.3 is 4.42 Å². The Morgan fingerprint density at radius 1 is 0.267 bits per heavy atom. The van der Waals surface area contributed by atoms with Crippen LogP contribution in [0, 0.1) is 0 Å². The summed E-state index contributed by atoms with van der Waals surface area (Å²) in [5.74, 6) is 0.902. The van der Waals surface area contributed by atoms with Gasteiger partial charge in [-0.15, -0.1) is 0 Å². The van der Waals surface area contributed by atoms with Gasteiger partial charge in [0.1, 0.15) is 11.3 Å².